The Morgan fingerprint density at radius 1 is 1.35 bits per heavy atom. The van der Waals surface area contributed by atoms with Crippen LogP contribution in [0, 0.1) is 6.92 Å². The van der Waals surface area contributed by atoms with Crippen molar-refractivity contribution in [2.45, 2.75) is 26.3 Å². The fraction of sp³-hybridized carbons (Fsp3) is 0.312. The van der Waals surface area contributed by atoms with Crippen molar-refractivity contribution in [2.24, 2.45) is 0 Å². The Hall–Kier alpha value is -2.07. The predicted molar refractivity (Wildman–Crippen MR) is 76.6 cm³/mol. The van der Waals surface area contributed by atoms with Gasteiger partial charge in [-0.1, -0.05) is 37.3 Å². The molecule has 0 aliphatic carbocycles. The summed E-state index contributed by atoms with van der Waals surface area (Å²) in [5.74, 6) is 0.800. The third-order valence-corrected chi connectivity index (χ3v) is 3.21. The zero-order valence-corrected chi connectivity index (χ0v) is 11.7. The van der Waals surface area contributed by atoms with Crippen LogP contribution in [0.4, 0.5) is 0 Å². The van der Waals surface area contributed by atoms with Crippen LogP contribution in [0.3, 0.4) is 0 Å². The number of aliphatic hydroxyl groups is 1. The standard InChI is InChI=1S/C16H19NO3/c1-3-13-9-11(2)15(20-13)16(19)17-14(10-18)12-7-5-4-6-8-12/h4-9,14,18H,3,10H2,1-2H3,(H,17,19)/t14-/m0/s1. The maximum absolute atomic E-state index is 12.2. The average molecular weight is 273 g/mol. The van der Waals surface area contributed by atoms with E-state index in [1.807, 2.05) is 50.2 Å². The Morgan fingerprint density at radius 2 is 2.05 bits per heavy atom. The molecule has 0 fully saturated rings. The third kappa shape index (κ3) is 3.08. The Bertz CT molecular complexity index is 575. The summed E-state index contributed by atoms with van der Waals surface area (Å²) in [5, 5.41) is 12.2. The van der Waals surface area contributed by atoms with E-state index < -0.39 is 6.04 Å². The van der Waals surface area contributed by atoms with E-state index in [4.69, 9.17) is 4.42 Å². The number of benzene rings is 1. The van der Waals surface area contributed by atoms with Gasteiger partial charge in [0.15, 0.2) is 5.76 Å². The lowest BCUT2D eigenvalue weighted by molar-refractivity contribution is 0.0885. The first-order valence-corrected chi connectivity index (χ1v) is 6.71. The number of amides is 1. The first-order chi connectivity index (χ1) is 9.65. The van der Waals surface area contributed by atoms with Crippen molar-refractivity contribution >= 4 is 5.91 Å². The molecule has 1 heterocycles. The average Bonchev–Trinajstić information content (AvgIpc) is 2.86. The Balaban J connectivity index is 2.15. The molecule has 0 unspecified atom stereocenters. The van der Waals surface area contributed by atoms with E-state index in [1.165, 1.54) is 0 Å². The van der Waals surface area contributed by atoms with Crippen molar-refractivity contribution in [3.63, 3.8) is 0 Å². The minimum Gasteiger partial charge on any atom is -0.456 e. The lowest BCUT2D eigenvalue weighted by Crippen LogP contribution is -2.30. The number of carbonyl (C=O) groups excluding carboxylic acids is 1. The molecule has 1 aromatic heterocycles. The number of hydrogen-bond donors (Lipinski definition) is 2. The van der Waals surface area contributed by atoms with Gasteiger partial charge in [0.1, 0.15) is 5.76 Å². The number of hydrogen-bond acceptors (Lipinski definition) is 3. The largest absolute Gasteiger partial charge is 0.456 e. The Kier molecular flexibility index (Phi) is 4.58. The molecule has 0 saturated heterocycles. The van der Waals surface area contributed by atoms with Gasteiger partial charge >= 0.3 is 0 Å². The number of nitrogens with one attached hydrogen (secondary N) is 1. The van der Waals surface area contributed by atoms with Gasteiger partial charge in [0.05, 0.1) is 12.6 Å². The first-order valence-electron chi connectivity index (χ1n) is 6.71. The van der Waals surface area contributed by atoms with E-state index in [-0.39, 0.29) is 12.5 Å². The molecule has 106 valence electrons. The normalized spacial score (nSPS) is 12.2. The highest BCUT2D eigenvalue weighted by molar-refractivity contribution is 5.93. The fourth-order valence-corrected chi connectivity index (χ4v) is 2.09. The molecule has 0 aliphatic heterocycles. The summed E-state index contributed by atoms with van der Waals surface area (Å²) in [6.07, 6.45) is 0.746. The molecular weight excluding hydrogens is 254 g/mol. The van der Waals surface area contributed by atoms with Gasteiger partial charge < -0.3 is 14.8 Å². The van der Waals surface area contributed by atoms with Crippen LogP contribution in [-0.2, 0) is 6.42 Å². The van der Waals surface area contributed by atoms with Crippen LogP contribution in [0.1, 0.15) is 40.4 Å². The highest BCUT2D eigenvalue weighted by atomic mass is 16.4. The fourth-order valence-electron chi connectivity index (χ4n) is 2.09. The predicted octanol–water partition coefficient (Wildman–Crippen LogP) is 2.61. The smallest absolute Gasteiger partial charge is 0.287 e. The molecular formula is C16H19NO3. The molecule has 0 radical (unpaired) electrons. The molecule has 0 bridgehead atoms. The molecule has 2 rings (SSSR count). The van der Waals surface area contributed by atoms with Crippen LogP contribution in [0.25, 0.3) is 0 Å². The highest BCUT2D eigenvalue weighted by Gasteiger charge is 2.19. The Morgan fingerprint density at radius 3 is 2.60 bits per heavy atom. The summed E-state index contributed by atoms with van der Waals surface area (Å²) in [5.41, 5.74) is 1.67. The number of carbonyl (C=O) groups is 1. The zero-order valence-electron chi connectivity index (χ0n) is 11.7. The van der Waals surface area contributed by atoms with Gasteiger partial charge in [-0.2, -0.15) is 0 Å². The minimum absolute atomic E-state index is 0.157. The second-order valence-electron chi connectivity index (χ2n) is 4.70. The van der Waals surface area contributed by atoms with Crippen molar-refractivity contribution < 1.29 is 14.3 Å². The summed E-state index contributed by atoms with van der Waals surface area (Å²) in [7, 11) is 0. The zero-order chi connectivity index (χ0) is 14.5. The van der Waals surface area contributed by atoms with E-state index in [9.17, 15) is 9.90 Å². The van der Waals surface area contributed by atoms with E-state index in [1.54, 1.807) is 0 Å². The van der Waals surface area contributed by atoms with Crippen LogP contribution in [0.5, 0.6) is 0 Å². The van der Waals surface area contributed by atoms with Gasteiger partial charge in [-0.05, 0) is 18.6 Å². The maximum Gasteiger partial charge on any atom is 0.287 e. The topological polar surface area (TPSA) is 62.5 Å². The molecule has 1 aromatic carbocycles. The van der Waals surface area contributed by atoms with Gasteiger partial charge in [0.2, 0.25) is 0 Å². The summed E-state index contributed by atoms with van der Waals surface area (Å²) in [6, 6.07) is 10.8. The molecule has 0 aliphatic rings. The van der Waals surface area contributed by atoms with Crippen molar-refractivity contribution in [3.05, 3.63) is 59.0 Å². The van der Waals surface area contributed by atoms with Crippen LogP contribution >= 0.6 is 0 Å². The Labute approximate surface area is 118 Å². The minimum atomic E-state index is -0.432. The molecule has 0 saturated carbocycles. The van der Waals surface area contributed by atoms with Gasteiger partial charge in [-0.15, -0.1) is 0 Å². The summed E-state index contributed by atoms with van der Waals surface area (Å²) < 4.78 is 5.51. The summed E-state index contributed by atoms with van der Waals surface area (Å²) in [6.45, 7) is 3.66. The molecule has 2 aromatic rings. The SMILES string of the molecule is CCc1cc(C)c(C(=O)N[C@@H](CO)c2ccccc2)o1. The number of furan rings is 1. The van der Waals surface area contributed by atoms with E-state index >= 15 is 0 Å². The van der Waals surface area contributed by atoms with Crippen molar-refractivity contribution in [3.8, 4) is 0 Å². The van der Waals surface area contributed by atoms with Crippen LogP contribution in [0.15, 0.2) is 40.8 Å². The lowest BCUT2D eigenvalue weighted by Gasteiger charge is -2.16. The summed E-state index contributed by atoms with van der Waals surface area (Å²) >= 11 is 0. The number of rotatable bonds is 5. The van der Waals surface area contributed by atoms with Gasteiger partial charge in [0.25, 0.3) is 5.91 Å². The quantitative estimate of drug-likeness (QED) is 0.880. The van der Waals surface area contributed by atoms with Crippen molar-refractivity contribution in [1.82, 2.24) is 5.32 Å². The van der Waals surface area contributed by atoms with Crippen LogP contribution < -0.4 is 5.32 Å². The van der Waals surface area contributed by atoms with E-state index in [2.05, 4.69) is 5.32 Å². The van der Waals surface area contributed by atoms with Gasteiger partial charge in [-0.3, -0.25) is 4.79 Å². The van der Waals surface area contributed by atoms with Crippen molar-refractivity contribution in [2.75, 3.05) is 6.61 Å². The number of aliphatic hydroxyl groups excluding tert-OH is 1. The van der Waals surface area contributed by atoms with E-state index in [0.717, 1.165) is 23.3 Å². The number of aryl methyl sites for hydroxylation is 2. The molecule has 2 N–H and O–H groups in total. The maximum atomic E-state index is 12.2. The lowest BCUT2D eigenvalue weighted by atomic mass is 10.1. The van der Waals surface area contributed by atoms with Gasteiger partial charge in [0, 0.05) is 12.0 Å². The molecule has 20 heavy (non-hydrogen) atoms. The second kappa shape index (κ2) is 6.39. The highest BCUT2D eigenvalue weighted by Crippen LogP contribution is 2.17. The van der Waals surface area contributed by atoms with Crippen LogP contribution in [-0.4, -0.2) is 17.6 Å². The molecule has 4 nitrogen and oxygen atoms in total. The second-order valence-corrected chi connectivity index (χ2v) is 4.70. The summed E-state index contributed by atoms with van der Waals surface area (Å²) in [4.78, 5) is 12.2. The van der Waals surface area contributed by atoms with Crippen molar-refractivity contribution in [1.29, 1.82) is 0 Å². The monoisotopic (exact) mass is 273 g/mol. The van der Waals surface area contributed by atoms with Gasteiger partial charge in [-0.25, -0.2) is 0 Å². The first kappa shape index (κ1) is 14.3. The molecule has 1 atom stereocenters. The van der Waals surface area contributed by atoms with E-state index in [0.29, 0.717) is 5.76 Å². The van der Waals surface area contributed by atoms with Crippen LogP contribution in [0.2, 0.25) is 0 Å². The molecule has 0 spiro atoms. The molecule has 1 amide bonds. The third-order valence-electron chi connectivity index (χ3n) is 3.21. The molecule has 4 heteroatoms.